The van der Waals surface area contributed by atoms with Crippen molar-refractivity contribution < 1.29 is 4.74 Å². The lowest BCUT2D eigenvalue weighted by Gasteiger charge is -2.27. The van der Waals surface area contributed by atoms with Gasteiger partial charge in [0.05, 0.1) is 21.3 Å². The molecule has 0 saturated heterocycles. The summed E-state index contributed by atoms with van der Waals surface area (Å²) in [6.45, 7) is 0.767. The lowest BCUT2D eigenvalue weighted by Crippen LogP contribution is -2.30. The van der Waals surface area contributed by atoms with Crippen molar-refractivity contribution in [1.82, 2.24) is 4.98 Å². The Morgan fingerprint density at radius 3 is 2.95 bits per heavy atom. The molecule has 0 amide bonds. The zero-order valence-electron chi connectivity index (χ0n) is 10.8. The molecule has 0 radical (unpaired) electrons. The molecule has 2 heterocycles. The number of fused-ring (bicyclic) bond motifs is 1. The van der Waals surface area contributed by atoms with Gasteiger partial charge in [-0.15, -0.1) is 11.3 Å². The minimum Gasteiger partial charge on any atom is -0.475 e. The molecule has 0 N–H and O–H groups in total. The molecule has 1 spiro atoms. The molecule has 1 fully saturated rings. The second kappa shape index (κ2) is 4.30. The van der Waals surface area contributed by atoms with Gasteiger partial charge in [0.15, 0.2) is 0 Å². The van der Waals surface area contributed by atoms with E-state index in [1.165, 1.54) is 36.8 Å². The number of nitrogens with zero attached hydrogens (tertiary/aromatic N) is 2. The van der Waals surface area contributed by atoms with Gasteiger partial charge in [-0.3, -0.25) is 0 Å². The Hall–Kier alpha value is -1.42. The largest absolute Gasteiger partial charge is 0.475 e. The number of thiazole rings is 1. The van der Waals surface area contributed by atoms with E-state index in [4.69, 9.17) is 9.73 Å². The molecule has 98 valence electrons. The van der Waals surface area contributed by atoms with Crippen molar-refractivity contribution in [2.45, 2.75) is 37.6 Å². The predicted molar refractivity (Wildman–Crippen MR) is 77.9 cm³/mol. The van der Waals surface area contributed by atoms with Crippen LogP contribution in [0.5, 0.6) is 0 Å². The van der Waals surface area contributed by atoms with Crippen molar-refractivity contribution in [3.8, 4) is 0 Å². The molecule has 4 heteroatoms. The highest BCUT2D eigenvalue weighted by atomic mass is 32.1. The summed E-state index contributed by atoms with van der Waals surface area (Å²) in [4.78, 5) is 9.23. The molecular weight excluding hydrogens is 256 g/mol. The Morgan fingerprint density at radius 2 is 2.05 bits per heavy atom. The van der Waals surface area contributed by atoms with Crippen LogP contribution in [0.1, 0.15) is 37.7 Å². The molecular formula is C15H16N2OS. The first-order chi connectivity index (χ1) is 9.35. The van der Waals surface area contributed by atoms with Crippen LogP contribution in [0.4, 0.5) is 0 Å². The van der Waals surface area contributed by atoms with E-state index < -0.39 is 0 Å². The summed E-state index contributed by atoms with van der Waals surface area (Å²) in [5, 5.41) is 0. The van der Waals surface area contributed by atoms with Gasteiger partial charge in [-0.25, -0.2) is 9.98 Å². The summed E-state index contributed by atoms with van der Waals surface area (Å²) in [6, 6.07) is 6.27. The lowest BCUT2D eigenvalue weighted by molar-refractivity contribution is 0.207. The van der Waals surface area contributed by atoms with Gasteiger partial charge in [0.25, 0.3) is 0 Å². The number of hydrogen-bond donors (Lipinski definition) is 0. The van der Waals surface area contributed by atoms with E-state index in [-0.39, 0.29) is 5.54 Å². The van der Waals surface area contributed by atoms with Gasteiger partial charge < -0.3 is 4.74 Å². The van der Waals surface area contributed by atoms with Crippen LogP contribution < -0.4 is 0 Å². The number of ether oxygens (including phenoxy) is 1. The minimum atomic E-state index is 0.0796. The lowest BCUT2D eigenvalue weighted by atomic mass is 9.83. The molecule has 2 aromatic rings. The fourth-order valence-electron chi connectivity index (χ4n) is 3.08. The van der Waals surface area contributed by atoms with Crippen molar-refractivity contribution in [3.63, 3.8) is 0 Å². The smallest absolute Gasteiger partial charge is 0.216 e. The van der Waals surface area contributed by atoms with Crippen LogP contribution >= 0.6 is 11.3 Å². The predicted octanol–water partition coefficient (Wildman–Crippen LogP) is 3.78. The van der Waals surface area contributed by atoms with E-state index in [1.54, 1.807) is 11.3 Å². The third-order valence-electron chi connectivity index (χ3n) is 4.18. The fraction of sp³-hybridized carbons (Fsp3) is 0.467. The molecule has 2 aliphatic rings. The molecule has 1 saturated carbocycles. The average molecular weight is 272 g/mol. The zero-order valence-corrected chi connectivity index (χ0v) is 11.6. The zero-order chi connectivity index (χ0) is 12.7. The second-order valence-corrected chi connectivity index (χ2v) is 6.41. The summed E-state index contributed by atoms with van der Waals surface area (Å²) in [5.74, 6) is 0.831. The first kappa shape index (κ1) is 11.4. The molecule has 1 aliphatic carbocycles. The van der Waals surface area contributed by atoms with Crippen LogP contribution in [-0.4, -0.2) is 23.0 Å². The number of aromatic nitrogens is 1. The maximum absolute atomic E-state index is 5.89. The van der Waals surface area contributed by atoms with E-state index in [9.17, 15) is 0 Å². The number of aliphatic imine (C=N–C) groups is 1. The number of hydrogen-bond acceptors (Lipinski definition) is 4. The highest BCUT2D eigenvalue weighted by Gasteiger charge is 2.37. The second-order valence-electron chi connectivity index (χ2n) is 5.53. The van der Waals surface area contributed by atoms with Gasteiger partial charge in [0.1, 0.15) is 6.61 Å². The first-order valence-electron chi connectivity index (χ1n) is 6.91. The van der Waals surface area contributed by atoms with Crippen molar-refractivity contribution in [1.29, 1.82) is 0 Å². The molecule has 19 heavy (non-hydrogen) atoms. The fourth-order valence-corrected chi connectivity index (χ4v) is 3.80. The third kappa shape index (κ3) is 1.94. The molecule has 1 aromatic heterocycles. The molecule has 0 unspecified atom stereocenters. The van der Waals surface area contributed by atoms with E-state index >= 15 is 0 Å². The van der Waals surface area contributed by atoms with Crippen LogP contribution in [0.25, 0.3) is 10.2 Å². The van der Waals surface area contributed by atoms with Gasteiger partial charge in [-0.05, 0) is 31.0 Å². The van der Waals surface area contributed by atoms with E-state index in [0.717, 1.165) is 23.6 Å². The van der Waals surface area contributed by atoms with Gasteiger partial charge in [-0.1, -0.05) is 19.3 Å². The Bertz CT molecular complexity index is 640. The molecule has 3 nitrogen and oxygen atoms in total. The third-order valence-corrected chi connectivity index (χ3v) is 4.97. The summed E-state index contributed by atoms with van der Waals surface area (Å²) in [6.07, 6.45) is 6.28. The number of benzene rings is 1. The van der Waals surface area contributed by atoms with Gasteiger partial charge in [0.2, 0.25) is 5.90 Å². The average Bonchev–Trinajstić information content (AvgIpc) is 3.06. The van der Waals surface area contributed by atoms with Crippen LogP contribution in [0.15, 0.2) is 28.7 Å². The van der Waals surface area contributed by atoms with Crippen LogP contribution in [0.2, 0.25) is 0 Å². The summed E-state index contributed by atoms with van der Waals surface area (Å²) in [5.41, 5.74) is 4.11. The van der Waals surface area contributed by atoms with E-state index in [0.29, 0.717) is 0 Å². The molecule has 1 aliphatic heterocycles. The first-order valence-corrected chi connectivity index (χ1v) is 7.79. The van der Waals surface area contributed by atoms with Crippen molar-refractivity contribution in [2.24, 2.45) is 4.99 Å². The standard InChI is InChI=1S/C15H16N2OS/c1-2-6-15(7-3-1)9-18-14(17-15)11-4-5-12-13(8-11)19-10-16-12/h4-5,8,10H,1-3,6-7,9H2. The van der Waals surface area contributed by atoms with E-state index in [2.05, 4.69) is 23.2 Å². The summed E-state index contributed by atoms with van der Waals surface area (Å²) < 4.78 is 7.09. The molecule has 1 aromatic carbocycles. The quantitative estimate of drug-likeness (QED) is 0.792. The van der Waals surface area contributed by atoms with Gasteiger partial charge in [-0.2, -0.15) is 0 Å². The van der Waals surface area contributed by atoms with Gasteiger partial charge >= 0.3 is 0 Å². The van der Waals surface area contributed by atoms with Crippen molar-refractivity contribution in [2.75, 3.05) is 6.61 Å². The Balaban J connectivity index is 1.70. The summed E-state index contributed by atoms with van der Waals surface area (Å²) >= 11 is 1.67. The highest BCUT2D eigenvalue weighted by molar-refractivity contribution is 7.16. The number of rotatable bonds is 1. The van der Waals surface area contributed by atoms with Crippen molar-refractivity contribution in [3.05, 3.63) is 29.3 Å². The molecule has 0 bridgehead atoms. The van der Waals surface area contributed by atoms with Crippen LogP contribution in [0.3, 0.4) is 0 Å². The van der Waals surface area contributed by atoms with Gasteiger partial charge in [0, 0.05) is 5.56 Å². The topological polar surface area (TPSA) is 34.5 Å². The SMILES string of the molecule is c1nc2ccc(C3=NC4(CCCCC4)CO3)cc2s1. The van der Waals surface area contributed by atoms with Crippen LogP contribution in [0, 0.1) is 0 Å². The normalized spacial score (nSPS) is 21.6. The Morgan fingerprint density at radius 1 is 1.16 bits per heavy atom. The van der Waals surface area contributed by atoms with Crippen LogP contribution in [-0.2, 0) is 4.74 Å². The highest BCUT2D eigenvalue weighted by Crippen LogP contribution is 2.36. The maximum atomic E-state index is 5.89. The monoisotopic (exact) mass is 272 g/mol. The Labute approximate surface area is 116 Å². The van der Waals surface area contributed by atoms with E-state index in [1.807, 2.05) is 5.51 Å². The maximum Gasteiger partial charge on any atom is 0.216 e. The minimum absolute atomic E-state index is 0.0796. The van der Waals surface area contributed by atoms with Crippen molar-refractivity contribution >= 4 is 27.5 Å². The molecule has 4 rings (SSSR count). The Kier molecular flexibility index (Phi) is 2.58. The summed E-state index contributed by atoms with van der Waals surface area (Å²) in [7, 11) is 0. The molecule has 0 atom stereocenters.